The van der Waals surface area contributed by atoms with E-state index in [9.17, 15) is 0 Å². The average molecular weight is 251 g/mol. The molecule has 0 aliphatic rings. The van der Waals surface area contributed by atoms with Crippen LogP contribution in [0.1, 0.15) is 0 Å². The largest absolute Gasteiger partial charge is 0.497 e. The second-order valence-electron chi connectivity index (χ2n) is 4.10. The third-order valence-electron chi connectivity index (χ3n) is 2.88. The molecule has 0 aliphatic heterocycles. The van der Waals surface area contributed by atoms with Crippen molar-refractivity contribution >= 4 is 0 Å². The van der Waals surface area contributed by atoms with E-state index in [1.54, 1.807) is 7.11 Å². The summed E-state index contributed by atoms with van der Waals surface area (Å²) in [6, 6.07) is 17.6. The Balaban J connectivity index is 1.92. The minimum atomic E-state index is 0.682. The first kappa shape index (κ1) is 11.5. The Morgan fingerprint density at radius 2 is 1.63 bits per heavy atom. The van der Waals surface area contributed by atoms with Crippen LogP contribution in [0.5, 0.6) is 5.75 Å². The minimum absolute atomic E-state index is 0.682. The third-order valence-corrected chi connectivity index (χ3v) is 2.88. The maximum atomic E-state index is 5.13. The van der Waals surface area contributed by atoms with Gasteiger partial charge >= 0.3 is 0 Å². The molecule has 0 atom stereocenters. The van der Waals surface area contributed by atoms with Crippen molar-refractivity contribution in [3.63, 3.8) is 0 Å². The van der Waals surface area contributed by atoms with Crippen molar-refractivity contribution in [2.24, 2.45) is 0 Å². The zero-order chi connectivity index (χ0) is 13.1. The Bertz CT molecular complexity index is 659. The van der Waals surface area contributed by atoms with Crippen molar-refractivity contribution in [3.05, 3.63) is 54.6 Å². The summed E-state index contributed by atoms with van der Waals surface area (Å²) < 4.78 is 5.13. The molecule has 0 unspecified atom stereocenters. The van der Waals surface area contributed by atoms with Gasteiger partial charge in [-0.25, -0.2) is 4.98 Å². The molecule has 1 aromatic heterocycles. The molecule has 19 heavy (non-hydrogen) atoms. The molecule has 1 heterocycles. The summed E-state index contributed by atoms with van der Waals surface area (Å²) in [4.78, 5) is 4.50. The monoisotopic (exact) mass is 251 g/mol. The van der Waals surface area contributed by atoms with Gasteiger partial charge in [0.1, 0.15) is 5.75 Å². The maximum absolute atomic E-state index is 5.13. The van der Waals surface area contributed by atoms with Crippen molar-refractivity contribution in [2.75, 3.05) is 7.11 Å². The van der Waals surface area contributed by atoms with Crippen molar-refractivity contribution in [3.8, 4) is 28.5 Å². The van der Waals surface area contributed by atoms with Crippen LogP contribution in [-0.2, 0) is 0 Å². The SMILES string of the molecule is COc1ccc(-c2n[nH]c(-c3ccccc3)n2)cc1. The van der Waals surface area contributed by atoms with Gasteiger partial charge in [-0.2, -0.15) is 5.10 Å². The highest BCUT2D eigenvalue weighted by Crippen LogP contribution is 2.21. The second-order valence-corrected chi connectivity index (χ2v) is 4.10. The van der Waals surface area contributed by atoms with Crippen LogP contribution in [0.2, 0.25) is 0 Å². The zero-order valence-electron chi connectivity index (χ0n) is 10.5. The Morgan fingerprint density at radius 1 is 0.895 bits per heavy atom. The Labute approximate surface area is 111 Å². The van der Waals surface area contributed by atoms with Gasteiger partial charge in [-0.05, 0) is 24.3 Å². The Kier molecular flexibility index (Phi) is 2.98. The molecule has 3 aromatic rings. The average Bonchev–Trinajstić information content (AvgIpc) is 2.98. The van der Waals surface area contributed by atoms with Gasteiger partial charge in [0, 0.05) is 11.1 Å². The first-order valence-corrected chi connectivity index (χ1v) is 5.99. The standard InChI is InChI=1S/C15H13N3O/c1-19-13-9-7-12(8-10-13)15-16-14(17-18-15)11-5-3-2-4-6-11/h2-10H,1H3,(H,16,17,18). The van der Waals surface area contributed by atoms with E-state index >= 15 is 0 Å². The molecule has 0 bridgehead atoms. The molecule has 0 radical (unpaired) electrons. The Hall–Kier alpha value is -2.62. The van der Waals surface area contributed by atoms with Crippen molar-refractivity contribution in [2.45, 2.75) is 0 Å². The van der Waals surface area contributed by atoms with E-state index in [0.717, 1.165) is 22.7 Å². The van der Waals surface area contributed by atoms with Crippen LogP contribution in [0, 0.1) is 0 Å². The van der Waals surface area contributed by atoms with E-state index in [1.807, 2.05) is 54.6 Å². The lowest BCUT2D eigenvalue weighted by atomic mass is 10.2. The molecular formula is C15H13N3O. The highest BCUT2D eigenvalue weighted by Gasteiger charge is 2.07. The van der Waals surface area contributed by atoms with Crippen LogP contribution in [0.3, 0.4) is 0 Å². The zero-order valence-corrected chi connectivity index (χ0v) is 10.5. The number of aromatic amines is 1. The second kappa shape index (κ2) is 4.94. The number of methoxy groups -OCH3 is 1. The van der Waals surface area contributed by atoms with Gasteiger partial charge in [-0.3, -0.25) is 5.10 Å². The van der Waals surface area contributed by atoms with Crippen LogP contribution in [-0.4, -0.2) is 22.3 Å². The number of nitrogens with one attached hydrogen (secondary N) is 1. The van der Waals surface area contributed by atoms with Gasteiger partial charge in [0.15, 0.2) is 11.6 Å². The molecule has 0 amide bonds. The first-order valence-electron chi connectivity index (χ1n) is 5.99. The summed E-state index contributed by atoms with van der Waals surface area (Å²) >= 11 is 0. The first-order chi connectivity index (χ1) is 9.36. The van der Waals surface area contributed by atoms with Crippen molar-refractivity contribution in [1.82, 2.24) is 15.2 Å². The number of benzene rings is 2. The number of hydrogen-bond donors (Lipinski definition) is 1. The van der Waals surface area contributed by atoms with Gasteiger partial charge in [0.05, 0.1) is 7.11 Å². The molecular weight excluding hydrogens is 238 g/mol. The van der Waals surface area contributed by atoms with Gasteiger partial charge < -0.3 is 4.74 Å². The van der Waals surface area contributed by atoms with Crippen LogP contribution in [0.25, 0.3) is 22.8 Å². The molecule has 4 heteroatoms. The number of aromatic nitrogens is 3. The number of ether oxygens (including phenoxy) is 1. The number of nitrogens with zero attached hydrogens (tertiary/aromatic N) is 2. The molecule has 0 fully saturated rings. The summed E-state index contributed by atoms with van der Waals surface area (Å²) in [5.41, 5.74) is 1.98. The van der Waals surface area contributed by atoms with E-state index in [4.69, 9.17) is 4.74 Å². The summed E-state index contributed by atoms with van der Waals surface area (Å²) in [5, 5.41) is 7.20. The van der Waals surface area contributed by atoms with Gasteiger partial charge in [-0.15, -0.1) is 0 Å². The van der Waals surface area contributed by atoms with E-state index < -0.39 is 0 Å². The fourth-order valence-electron chi connectivity index (χ4n) is 1.86. The van der Waals surface area contributed by atoms with Gasteiger partial charge in [0.25, 0.3) is 0 Å². The van der Waals surface area contributed by atoms with Gasteiger partial charge in [0.2, 0.25) is 0 Å². The highest BCUT2D eigenvalue weighted by molar-refractivity contribution is 5.61. The normalized spacial score (nSPS) is 10.4. The van der Waals surface area contributed by atoms with E-state index in [0.29, 0.717) is 5.82 Å². The van der Waals surface area contributed by atoms with Crippen LogP contribution in [0.15, 0.2) is 54.6 Å². The summed E-state index contributed by atoms with van der Waals surface area (Å²) in [6.45, 7) is 0. The molecule has 2 aromatic carbocycles. The van der Waals surface area contributed by atoms with E-state index in [1.165, 1.54) is 0 Å². The minimum Gasteiger partial charge on any atom is -0.497 e. The number of H-pyrrole nitrogens is 1. The third kappa shape index (κ3) is 2.33. The van der Waals surface area contributed by atoms with Gasteiger partial charge in [-0.1, -0.05) is 30.3 Å². The molecule has 3 rings (SSSR count). The molecule has 0 aliphatic carbocycles. The topological polar surface area (TPSA) is 50.8 Å². The predicted molar refractivity (Wildman–Crippen MR) is 73.8 cm³/mol. The molecule has 0 saturated carbocycles. The van der Waals surface area contributed by atoms with Crippen LogP contribution < -0.4 is 4.74 Å². The van der Waals surface area contributed by atoms with E-state index in [-0.39, 0.29) is 0 Å². The van der Waals surface area contributed by atoms with Crippen molar-refractivity contribution in [1.29, 1.82) is 0 Å². The van der Waals surface area contributed by atoms with Crippen molar-refractivity contribution < 1.29 is 4.74 Å². The predicted octanol–water partition coefficient (Wildman–Crippen LogP) is 3.15. The quantitative estimate of drug-likeness (QED) is 0.778. The molecule has 1 N–H and O–H groups in total. The molecule has 94 valence electrons. The summed E-state index contributed by atoms with van der Waals surface area (Å²) in [5.74, 6) is 2.27. The maximum Gasteiger partial charge on any atom is 0.181 e. The fraction of sp³-hybridized carbons (Fsp3) is 0.0667. The van der Waals surface area contributed by atoms with Crippen LogP contribution in [0.4, 0.5) is 0 Å². The lowest BCUT2D eigenvalue weighted by Crippen LogP contribution is -1.84. The summed E-state index contributed by atoms with van der Waals surface area (Å²) in [6.07, 6.45) is 0. The van der Waals surface area contributed by atoms with Crippen LogP contribution >= 0.6 is 0 Å². The number of hydrogen-bond acceptors (Lipinski definition) is 3. The molecule has 4 nitrogen and oxygen atoms in total. The lowest BCUT2D eigenvalue weighted by molar-refractivity contribution is 0.415. The molecule has 0 saturated heterocycles. The fourth-order valence-corrected chi connectivity index (χ4v) is 1.86. The summed E-state index contributed by atoms with van der Waals surface area (Å²) in [7, 11) is 1.65. The smallest absolute Gasteiger partial charge is 0.181 e. The Morgan fingerprint density at radius 3 is 2.32 bits per heavy atom. The lowest BCUT2D eigenvalue weighted by Gasteiger charge is -1.99. The van der Waals surface area contributed by atoms with E-state index in [2.05, 4.69) is 15.2 Å². The molecule has 0 spiro atoms. The highest BCUT2D eigenvalue weighted by atomic mass is 16.5. The number of rotatable bonds is 3.